The van der Waals surface area contributed by atoms with Crippen LogP contribution in [0.5, 0.6) is 0 Å². The Balaban J connectivity index is 1.65. The molecular formula is C21H15ClF4N2O2. The van der Waals surface area contributed by atoms with Crippen LogP contribution in [0, 0.1) is 5.82 Å². The molecular weight excluding hydrogens is 424 g/mol. The highest BCUT2D eigenvalue weighted by Gasteiger charge is 2.35. The number of nitrogens with one attached hydrogen (secondary N) is 1. The van der Waals surface area contributed by atoms with E-state index in [0.717, 1.165) is 25.0 Å². The topological polar surface area (TPSA) is 51.1 Å². The molecule has 1 aliphatic carbocycles. The first kappa shape index (κ1) is 20.4. The van der Waals surface area contributed by atoms with Crippen LogP contribution in [0.2, 0.25) is 5.02 Å². The van der Waals surface area contributed by atoms with Crippen molar-refractivity contribution in [3.8, 4) is 0 Å². The quantitative estimate of drug-likeness (QED) is 0.560. The number of rotatable bonds is 4. The molecule has 1 aromatic heterocycles. The number of alkyl halides is 3. The van der Waals surface area contributed by atoms with Crippen molar-refractivity contribution in [1.82, 2.24) is 4.57 Å². The first-order chi connectivity index (χ1) is 14.2. The van der Waals surface area contributed by atoms with Gasteiger partial charge in [-0.3, -0.25) is 9.59 Å². The standard InChI is InChI=1S/C21H15ClF4N2O2/c22-16-7-6-14-13(8-9-28(20(14)30)12-4-5-12)19(16)27-17(29)10-11-2-1-3-15(18(11)23)21(24,25)26/h1-3,6-9,12H,4-5,10H2,(H,27,29). The van der Waals surface area contributed by atoms with Crippen molar-refractivity contribution >= 4 is 34.0 Å². The second-order valence-electron chi connectivity index (χ2n) is 7.14. The summed E-state index contributed by atoms with van der Waals surface area (Å²) in [7, 11) is 0. The van der Waals surface area contributed by atoms with Gasteiger partial charge >= 0.3 is 6.18 Å². The molecule has 1 aliphatic rings. The number of benzene rings is 2. The van der Waals surface area contributed by atoms with Gasteiger partial charge in [0.1, 0.15) is 5.82 Å². The Morgan fingerprint density at radius 1 is 1.13 bits per heavy atom. The Morgan fingerprint density at radius 2 is 1.87 bits per heavy atom. The summed E-state index contributed by atoms with van der Waals surface area (Å²) in [6.45, 7) is 0. The van der Waals surface area contributed by atoms with Gasteiger partial charge in [0.25, 0.3) is 5.56 Å². The van der Waals surface area contributed by atoms with E-state index in [9.17, 15) is 27.2 Å². The Bertz CT molecular complexity index is 1220. The van der Waals surface area contributed by atoms with E-state index in [-0.39, 0.29) is 22.3 Å². The van der Waals surface area contributed by atoms with Crippen LogP contribution in [0.3, 0.4) is 0 Å². The number of fused-ring (bicyclic) bond motifs is 1. The maximum atomic E-state index is 14.2. The lowest BCUT2D eigenvalue weighted by Crippen LogP contribution is -2.20. The Morgan fingerprint density at radius 3 is 2.53 bits per heavy atom. The lowest BCUT2D eigenvalue weighted by Gasteiger charge is -2.14. The number of amides is 1. The van der Waals surface area contributed by atoms with Gasteiger partial charge in [-0.25, -0.2) is 4.39 Å². The number of hydrogen-bond acceptors (Lipinski definition) is 2. The van der Waals surface area contributed by atoms with E-state index in [4.69, 9.17) is 11.6 Å². The van der Waals surface area contributed by atoms with Crippen LogP contribution in [0.4, 0.5) is 23.2 Å². The molecule has 1 amide bonds. The molecule has 0 unspecified atom stereocenters. The predicted octanol–water partition coefficient (Wildman–Crippen LogP) is 5.33. The largest absolute Gasteiger partial charge is 0.419 e. The summed E-state index contributed by atoms with van der Waals surface area (Å²) in [5, 5.41) is 3.43. The molecule has 0 aliphatic heterocycles. The van der Waals surface area contributed by atoms with Gasteiger partial charge < -0.3 is 9.88 Å². The van der Waals surface area contributed by atoms with Crippen LogP contribution in [-0.2, 0) is 17.4 Å². The van der Waals surface area contributed by atoms with Crippen molar-refractivity contribution in [2.24, 2.45) is 0 Å². The number of nitrogens with zero attached hydrogens (tertiary/aromatic N) is 1. The van der Waals surface area contributed by atoms with Gasteiger partial charge in [0.2, 0.25) is 5.91 Å². The van der Waals surface area contributed by atoms with E-state index in [1.807, 2.05) is 0 Å². The van der Waals surface area contributed by atoms with Crippen LogP contribution >= 0.6 is 11.6 Å². The van der Waals surface area contributed by atoms with Crippen molar-refractivity contribution in [2.75, 3.05) is 5.32 Å². The molecule has 1 heterocycles. The maximum Gasteiger partial charge on any atom is 0.419 e. The molecule has 9 heteroatoms. The van der Waals surface area contributed by atoms with Gasteiger partial charge in [0.05, 0.1) is 22.7 Å². The van der Waals surface area contributed by atoms with E-state index in [1.54, 1.807) is 22.9 Å². The summed E-state index contributed by atoms with van der Waals surface area (Å²) >= 11 is 6.19. The smallest absolute Gasteiger partial charge is 0.324 e. The number of hydrogen-bond donors (Lipinski definition) is 1. The van der Waals surface area contributed by atoms with Gasteiger partial charge in [-0.15, -0.1) is 0 Å². The van der Waals surface area contributed by atoms with Crippen molar-refractivity contribution in [2.45, 2.75) is 31.5 Å². The molecule has 0 saturated heterocycles. The van der Waals surface area contributed by atoms with E-state index in [1.165, 1.54) is 6.07 Å². The minimum atomic E-state index is -4.86. The highest BCUT2D eigenvalue weighted by molar-refractivity contribution is 6.35. The summed E-state index contributed by atoms with van der Waals surface area (Å²) in [5.41, 5.74) is -1.89. The lowest BCUT2D eigenvalue weighted by atomic mass is 10.1. The fraction of sp³-hybridized carbons (Fsp3) is 0.238. The third-order valence-corrected chi connectivity index (χ3v) is 5.32. The second-order valence-corrected chi connectivity index (χ2v) is 7.55. The maximum absolute atomic E-state index is 14.2. The molecule has 4 rings (SSSR count). The van der Waals surface area contributed by atoms with Crippen LogP contribution in [0.1, 0.15) is 30.0 Å². The zero-order valence-electron chi connectivity index (χ0n) is 15.4. The number of anilines is 1. The van der Waals surface area contributed by atoms with Gasteiger partial charge in [-0.2, -0.15) is 13.2 Å². The van der Waals surface area contributed by atoms with Crippen molar-refractivity contribution in [3.05, 3.63) is 74.9 Å². The van der Waals surface area contributed by atoms with Gasteiger partial charge in [0.15, 0.2) is 0 Å². The van der Waals surface area contributed by atoms with Crippen molar-refractivity contribution in [1.29, 1.82) is 0 Å². The number of aromatic nitrogens is 1. The number of pyridine rings is 1. The predicted molar refractivity (Wildman–Crippen MR) is 105 cm³/mol. The van der Waals surface area contributed by atoms with Crippen molar-refractivity contribution < 1.29 is 22.4 Å². The van der Waals surface area contributed by atoms with Crippen LogP contribution in [0.15, 0.2) is 47.4 Å². The van der Waals surface area contributed by atoms with E-state index < -0.39 is 35.4 Å². The van der Waals surface area contributed by atoms with Gasteiger partial charge in [0, 0.05) is 23.0 Å². The van der Waals surface area contributed by atoms with Crippen molar-refractivity contribution in [3.63, 3.8) is 0 Å². The summed E-state index contributed by atoms with van der Waals surface area (Å²) in [4.78, 5) is 25.1. The molecule has 1 N–H and O–H groups in total. The fourth-order valence-electron chi connectivity index (χ4n) is 3.37. The molecule has 4 nitrogen and oxygen atoms in total. The Labute approximate surface area is 173 Å². The van der Waals surface area contributed by atoms with Crippen LogP contribution < -0.4 is 10.9 Å². The van der Waals surface area contributed by atoms with E-state index in [0.29, 0.717) is 16.8 Å². The minimum Gasteiger partial charge on any atom is -0.324 e. The average Bonchev–Trinajstić information content (AvgIpc) is 3.50. The minimum absolute atomic E-state index is 0.156. The summed E-state index contributed by atoms with van der Waals surface area (Å²) in [5.74, 6) is -2.24. The molecule has 3 aromatic rings. The van der Waals surface area contributed by atoms with Crippen LogP contribution in [-0.4, -0.2) is 10.5 Å². The third kappa shape index (κ3) is 3.79. The zero-order valence-corrected chi connectivity index (χ0v) is 16.1. The SMILES string of the molecule is O=C(Cc1cccc(C(F)(F)F)c1F)Nc1c(Cl)ccc2c(=O)n(C3CC3)ccc12. The lowest BCUT2D eigenvalue weighted by molar-refractivity contribution is -0.140. The first-order valence-electron chi connectivity index (χ1n) is 9.14. The molecule has 0 radical (unpaired) electrons. The molecule has 1 fully saturated rings. The highest BCUT2D eigenvalue weighted by Crippen LogP contribution is 2.36. The van der Waals surface area contributed by atoms with Gasteiger partial charge in [-0.1, -0.05) is 23.7 Å². The van der Waals surface area contributed by atoms with Crippen LogP contribution in [0.25, 0.3) is 10.8 Å². The molecule has 30 heavy (non-hydrogen) atoms. The average molecular weight is 439 g/mol. The molecule has 156 valence electrons. The third-order valence-electron chi connectivity index (χ3n) is 5.00. The van der Waals surface area contributed by atoms with Gasteiger partial charge in [-0.05, 0) is 42.7 Å². The monoisotopic (exact) mass is 438 g/mol. The Kier molecular flexibility index (Phi) is 5.05. The normalized spacial score (nSPS) is 14.2. The zero-order chi connectivity index (χ0) is 21.6. The molecule has 2 aromatic carbocycles. The van der Waals surface area contributed by atoms with E-state index >= 15 is 0 Å². The fourth-order valence-corrected chi connectivity index (χ4v) is 3.59. The Hall–Kier alpha value is -2.87. The molecule has 0 atom stereocenters. The molecule has 0 spiro atoms. The summed E-state index contributed by atoms with van der Waals surface area (Å²) in [6.07, 6.45) is -2.02. The molecule has 1 saturated carbocycles. The highest BCUT2D eigenvalue weighted by atomic mass is 35.5. The summed E-state index contributed by atoms with van der Waals surface area (Å²) in [6, 6.07) is 7.61. The number of halogens is 5. The van der Waals surface area contributed by atoms with E-state index in [2.05, 4.69) is 5.32 Å². The second kappa shape index (κ2) is 7.43. The molecule has 0 bridgehead atoms. The first-order valence-corrected chi connectivity index (χ1v) is 9.52. The number of carbonyl (C=O) groups is 1. The number of carbonyl (C=O) groups excluding carboxylic acids is 1. The summed E-state index contributed by atoms with van der Waals surface area (Å²) < 4.78 is 54.5.